The summed E-state index contributed by atoms with van der Waals surface area (Å²) in [4.78, 5) is 15.9. The third kappa shape index (κ3) is 9.99. The smallest absolute Gasteiger partial charge is 0.221 e. The summed E-state index contributed by atoms with van der Waals surface area (Å²) < 4.78 is 0. The summed E-state index contributed by atoms with van der Waals surface area (Å²) in [5, 5.41) is 9.44. The molecule has 0 spiro atoms. The van der Waals surface area contributed by atoms with Crippen LogP contribution < -0.4 is 16.0 Å². The monoisotopic (exact) mass is 474 g/mol. The van der Waals surface area contributed by atoms with Crippen LogP contribution in [0.5, 0.6) is 0 Å². The molecule has 1 amide bonds. The minimum absolute atomic E-state index is 0. The second-order valence-electron chi connectivity index (χ2n) is 7.18. The van der Waals surface area contributed by atoms with E-state index in [9.17, 15) is 4.79 Å². The Hall–Kier alpha value is -1.31. The molecule has 1 unspecified atom stereocenters. The highest BCUT2D eigenvalue weighted by atomic mass is 127. The van der Waals surface area contributed by atoms with E-state index >= 15 is 0 Å². The number of hydrogen-bond donors (Lipinski definition) is 3. The average molecular weight is 474 g/mol. The van der Waals surface area contributed by atoms with Gasteiger partial charge in [-0.05, 0) is 44.2 Å². The van der Waals surface area contributed by atoms with E-state index in [0.29, 0.717) is 24.8 Å². The molecule has 0 aliphatic rings. The number of amides is 1. The molecule has 1 atom stereocenters. The van der Waals surface area contributed by atoms with E-state index in [4.69, 9.17) is 0 Å². The van der Waals surface area contributed by atoms with Crippen molar-refractivity contribution < 1.29 is 4.79 Å². The molecule has 3 N–H and O–H groups in total. The number of aliphatic imine (C=N–C) groups is 1. The predicted molar refractivity (Wildman–Crippen MR) is 121 cm³/mol. The Morgan fingerprint density at radius 2 is 1.65 bits per heavy atom. The maximum Gasteiger partial charge on any atom is 0.221 e. The zero-order valence-electron chi connectivity index (χ0n) is 16.9. The standard InChI is InChI=1S/C20H34N4O.HI/c1-14(2)13-17-7-9-18(10-8-17)16(5)24-20(21-6)22-12-11-19(25)23-15(3)4;/h7-10,14-16H,11-13H2,1-6H3,(H,23,25)(H2,21,22,24);1H. The van der Waals surface area contributed by atoms with Gasteiger partial charge >= 0.3 is 0 Å². The first kappa shape index (κ1) is 24.7. The van der Waals surface area contributed by atoms with E-state index in [-0.39, 0.29) is 42.0 Å². The predicted octanol–water partition coefficient (Wildman–Crippen LogP) is 3.64. The van der Waals surface area contributed by atoms with Crippen molar-refractivity contribution in [3.05, 3.63) is 35.4 Å². The van der Waals surface area contributed by atoms with Gasteiger partial charge in [-0.1, -0.05) is 38.1 Å². The first-order valence-corrected chi connectivity index (χ1v) is 9.17. The highest BCUT2D eigenvalue weighted by Crippen LogP contribution is 2.15. The van der Waals surface area contributed by atoms with Crippen LogP contribution >= 0.6 is 24.0 Å². The molecule has 1 rings (SSSR count). The van der Waals surface area contributed by atoms with E-state index in [0.717, 1.165) is 6.42 Å². The van der Waals surface area contributed by atoms with Gasteiger partial charge in [0.25, 0.3) is 0 Å². The molecule has 0 heterocycles. The van der Waals surface area contributed by atoms with E-state index in [2.05, 4.69) is 66.0 Å². The number of carbonyl (C=O) groups excluding carboxylic acids is 1. The lowest BCUT2D eigenvalue weighted by Crippen LogP contribution is -2.41. The fourth-order valence-corrected chi connectivity index (χ4v) is 2.59. The van der Waals surface area contributed by atoms with Gasteiger partial charge < -0.3 is 16.0 Å². The minimum atomic E-state index is 0. The maximum atomic E-state index is 11.7. The normalized spacial score (nSPS) is 12.5. The van der Waals surface area contributed by atoms with Gasteiger partial charge in [0.15, 0.2) is 5.96 Å². The molecule has 0 aromatic heterocycles. The molecule has 148 valence electrons. The van der Waals surface area contributed by atoms with Crippen LogP contribution in [0.25, 0.3) is 0 Å². The maximum absolute atomic E-state index is 11.7. The summed E-state index contributed by atoms with van der Waals surface area (Å²) in [6.07, 6.45) is 1.53. The summed E-state index contributed by atoms with van der Waals surface area (Å²) in [6, 6.07) is 9.03. The molecule has 0 aliphatic carbocycles. The van der Waals surface area contributed by atoms with E-state index in [1.807, 2.05) is 13.8 Å². The summed E-state index contributed by atoms with van der Waals surface area (Å²) >= 11 is 0. The van der Waals surface area contributed by atoms with Crippen molar-refractivity contribution in [2.24, 2.45) is 10.9 Å². The quantitative estimate of drug-likeness (QED) is 0.306. The highest BCUT2D eigenvalue weighted by Gasteiger charge is 2.09. The zero-order chi connectivity index (χ0) is 18.8. The Labute approximate surface area is 175 Å². The van der Waals surface area contributed by atoms with Crippen LogP contribution in [0.2, 0.25) is 0 Å². The van der Waals surface area contributed by atoms with Crippen LogP contribution in [0.4, 0.5) is 0 Å². The Bertz CT molecular complexity index is 555. The zero-order valence-corrected chi connectivity index (χ0v) is 19.3. The number of carbonyl (C=O) groups is 1. The second kappa shape index (κ2) is 12.9. The second-order valence-corrected chi connectivity index (χ2v) is 7.18. The number of benzene rings is 1. The minimum Gasteiger partial charge on any atom is -0.356 e. The fraction of sp³-hybridized carbons (Fsp3) is 0.600. The van der Waals surface area contributed by atoms with Gasteiger partial charge in [0, 0.05) is 26.1 Å². The first-order valence-electron chi connectivity index (χ1n) is 9.17. The summed E-state index contributed by atoms with van der Waals surface area (Å²) in [5.74, 6) is 1.42. The molecule has 6 heteroatoms. The molecule has 0 saturated heterocycles. The Kier molecular flexibility index (Phi) is 12.3. The average Bonchev–Trinajstić information content (AvgIpc) is 2.53. The van der Waals surface area contributed by atoms with Gasteiger partial charge in [0.2, 0.25) is 5.91 Å². The van der Waals surface area contributed by atoms with Crippen LogP contribution in [0, 0.1) is 5.92 Å². The molecule has 1 aromatic rings. The van der Waals surface area contributed by atoms with Crippen LogP contribution in [0.15, 0.2) is 29.3 Å². The lowest BCUT2D eigenvalue weighted by atomic mass is 10.00. The summed E-state index contributed by atoms with van der Waals surface area (Å²) in [5.41, 5.74) is 2.58. The van der Waals surface area contributed by atoms with Gasteiger partial charge in [-0.15, -0.1) is 24.0 Å². The first-order chi connectivity index (χ1) is 11.8. The SMILES string of the molecule is CN=C(NCCC(=O)NC(C)C)NC(C)c1ccc(CC(C)C)cc1.I. The van der Waals surface area contributed by atoms with Gasteiger partial charge in [-0.25, -0.2) is 0 Å². The largest absolute Gasteiger partial charge is 0.356 e. The Morgan fingerprint density at radius 1 is 1.04 bits per heavy atom. The van der Waals surface area contributed by atoms with Crippen molar-refractivity contribution in [1.29, 1.82) is 0 Å². The molecular weight excluding hydrogens is 439 g/mol. The third-order valence-electron chi connectivity index (χ3n) is 3.79. The highest BCUT2D eigenvalue weighted by molar-refractivity contribution is 14.0. The summed E-state index contributed by atoms with van der Waals surface area (Å²) in [7, 11) is 1.74. The number of rotatable bonds is 8. The molecule has 0 saturated carbocycles. The van der Waals surface area contributed by atoms with Gasteiger partial charge in [0.05, 0.1) is 6.04 Å². The number of nitrogens with one attached hydrogen (secondary N) is 3. The van der Waals surface area contributed by atoms with Crippen molar-refractivity contribution in [3.8, 4) is 0 Å². The van der Waals surface area contributed by atoms with Gasteiger partial charge in [0.1, 0.15) is 0 Å². The fourth-order valence-electron chi connectivity index (χ4n) is 2.59. The van der Waals surface area contributed by atoms with Crippen molar-refractivity contribution in [1.82, 2.24) is 16.0 Å². The van der Waals surface area contributed by atoms with Crippen molar-refractivity contribution in [2.45, 2.75) is 59.5 Å². The number of hydrogen-bond acceptors (Lipinski definition) is 2. The molecule has 0 aliphatic heterocycles. The molecule has 0 bridgehead atoms. The van der Waals surface area contributed by atoms with Crippen LogP contribution in [0.3, 0.4) is 0 Å². The van der Waals surface area contributed by atoms with Gasteiger partial charge in [-0.3, -0.25) is 9.79 Å². The molecular formula is C20H35IN4O. The van der Waals surface area contributed by atoms with E-state index in [1.165, 1.54) is 11.1 Å². The lowest BCUT2D eigenvalue weighted by Gasteiger charge is -2.19. The Morgan fingerprint density at radius 3 is 2.15 bits per heavy atom. The van der Waals surface area contributed by atoms with Crippen LogP contribution in [-0.2, 0) is 11.2 Å². The van der Waals surface area contributed by atoms with Crippen LogP contribution in [-0.4, -0.2) is 31.5 Å². The lowest BCUT2D eigenvalue weighted by molar-refractivity contribution is -0.121. The number of guanidine groups is 1. The summed E-state index contributed by atoms with van der Waals surface area (Å²) in [6.45, 7) is 11.0. The molecule has 1 aromatic carbocycles. The topological polar surface area (TPSA) is 65.5 Å². The van der Waals surface area contributed by atoms with Crippen molar-refractivity contribution in [3.63, 3.8) is 0 Å². The molecule has 26 heavy (non-hydrogen) atoms. The molecule has 0 radical (unpaired) electrons. The van der Waals surface area contributed by atoms with E-state index < -0.39 is 0 Å². The molecule has 0 fully saturated rings. The molecule has 5 nitrogen and oxygen atoms in total. The number of halogens is 1. The van der Waals surface area contributed by atoms with Crippen molar-refractivity contribution >= 4 is 35.8 Å². The third-order valence-corrected chi connectivity index (χ3v) is 3.79. The van der Waals surface area contributed by atoms with E-state index in [1.54, 1.807) is 7.05 Å². The van der Waals surface area contributed by atoms with Crippen LogP contribution in [0.1, 0.15) is 58.2 Å². The Balaban J connectivity index is 0.00000625. The van der Waals surface area contributed by atoms with Gasteiger partial charge in [-0.2, -0.15) is 0 Å². The number of nitrogens with zero attached hydrogens (tertiary/aromatic N) is 1. The van der Waals surface area contributed by atoms with Crippen molar-refractivity contribution in [2.75, 3.05) is 13.6 Å².